The van der Waals surface area contributed by atoms with Crippen molar-refractivity contribution in [1.82, 2.24) is 20.2 Å². The molecule has 1 amide bonds. The topological polar surface area (TPSA) is 81.3 Å². The number of nitrogens with one attached hydrogen (secondary N) is 2. The van der Waals surface area contributed by atoms with Gasteiger partial charge in [-0.1, -0.05) is 24.3 Å². The molecule has 30 heavy (non-hydrogen) atoms. The van der Waals surface area contributed by atoms with E-state index >= 15 is 0 Å². The van der Waals surface area contributed by atoms with Gasteiger partial charge in [0.2, 0.25) is 5.91 Å². The van der Waals surface area contributed by atoms with Crippen LogP contribution in [0.4, 0.5) is 5.82 Å². The number of amides is 1. The van der Waals surface area contributed by atoms with E-state index in [4.69, 9.17) is 0 Å². The first kappa shape index (κ1) is 20.1. The highest BCUT2D eigenvalue weighted by Crippen LogP contribution is 2.13. The third-order valence-electron chi connectivity index (χ3n) is 5.47. The molecule has 4 rings (SSSR count). The lowest BCUT2D eigenvalue weighted by Gasteiger charge is -2.36. The lowest BCUT2D eigenvalue weighted by Crippen LogP contribution is -2.51. The molecule has 156 valence electrons. The molecule has 3 heterocycles. The number of pyridine rings is 2. The molecule has 3 aromatic rings. The maximum atomic E-state index is 12.5. The van der Waals surface area contributed by atoms with Crippen LogP contribution in [0.2, 0.25) is 0 Å². The molecule has 0 spiro atoms. The third kappa shape index (κ3) is 4.86. The standard InChI is InChI=1S/C23H27N5O2/c1-17(16-27-10-12-28(13-11-27)21-8-4-5-9-24-21)25-22(29)15-19-14-18-6-2-3-7-20(18)26-23(19)30/h2-9,14,17H,10-13,15-16H2,1H3,(H,25,29)(H,26,30). The number of aromatic amines is 1. The van der Waals surface area contributed by atoms with E-state index in [1.54, 1.807) is 6.07 Å². The lowest BCUT2D eigenvalue weighted by atomic mass is 10.1. The Morgan fingerprint density at radius 1 is 1.13 bits per heavy atom. The van der Waals surface area contributed by atoms with Crippen molar-refractivity contribution >= 4 is 22.6 Å². The maximum absolute atomic E-state index is 12.5. The smallest absolute Gasteiger partial charge is 0.252 e. The molecule has 1 aromatic carbocycles. The fourth-order valence-electron chi connectivity index (χ4n) is 3.96. The summed E-state index contributed by atoms with van der Waals surface area (Å²) in [5.74, 6) is 0.884. The minimum absolute atomic E-state index is 0.0124. The van der Waals surface area contributed by atoms with Gasteiger partial charge in [0.25, 0.3) is 5.56 Å². The summed E-state index contributed by atoms with van der Waals surface area (Å²) in [6, 6.07) is 15.4. The second-order valence-electron chi connectivity index (χ2n) is 7.83. The number of para-hydroxylation sites is 1. The summed E-state index contributed by atoms with van der Waals surface area (Å²) in [4.78, 5) is 36.7. The van der Waals surface area contributed by atoms with Crippen LogP contribution in [0.1, 0.15) is 12.5 Å². The van der Waals surface area contributed by atoms with Crippen molar-refractivity contribution in [2.45, 2.75) is 19.4 Å². The van der Waals surface area contributed by atoms with Gasteiger partial charge in [0.1, 0.15) is 5.82 Å². The normalized spacial score (nSPS) is 15.8. The number of piperazine rings is 1. The van der Waals surface area contributed by atoms with Crippen LogP contribution >= 0.6 is 0 Å². The first-order chi connectivity index (χ1) is 14.6. The molecule has 1 unspecified atom stereocenters. The summed E-state index contributed by atoms with van der Waals surface area (Å²) in [5.41, 5.74) is 1.06. The fourth-order valence-corrected chi connectivity index (χ4v) is 3.96. The molecule has 1 aliphatic heterocycles. The molecule has 7 nitrogen and oxygen atoms in total. The predicted molar refractivity (Wildman–Crippen MR) is 119 cm³/mol. The lowest BCUT2D eigenvalue weighted by molar-refractivity contribution is -0.121. The number of fused-ring (bicyclic) bond motifs is 1. The van der Waals surface area contributed by atoms with Crippen LogP contribution in [0.5, 0.6) is 0 Å². The molecule has 7 heteroatoms. The average molecular weight is 406 g/mol. The predicted octanol–water partition coefficient (Wildman–Crippen LogP) is 1.79. The Bertz CT molecular complexity index is 1060. The van der Waals surface area contributed by atoms with Crippen LogP contribution < -0.4 is 15.8 Å². The Balaban J connectivity index is 1.27. The van der Waals surface area contributed by atoms with Crippen molar-refractivity contribution in [1.29, 1.82) is 0 Å². The molecule has 1 saturated heterocycles. The first-order valence-electron chi connectivity index (χ1n) is 10.4. The summed E-state index contributed by atoms with van der Waals surface area (Å²) in [7, 11) is 0. The quantitative estimate of drug-likeness (QED) is 0.654. The molecule has 0 aliphatic carbocycles. The zero-order valence-corrected chi connectivity index (χ0v) is 17.2. The minimum Gasteiger partial charge on any atom is -0.354 e. The monoisotopic (exact) mass is 405 g/mol. The number of carbonyl (C=O) groups excluding carboxylic acids is 1. The van der Waals surface area contributed by atoms with Crippen molar-refractivity contribution < 1.29 is 4.79 Å². The highest BCUT2D eigenvalue weighted by Gasteiger charge is 2.20. The van der Waals surface area contributed by atoms with Gasteiger partial charge in [-0.25, -0.2) is 4.98 Å². The first-order valence-corrected chi connectivity index (χ1v) is 10.4. The molecule has 2 N–H and O–H groups in total. The van der Waals surface area contributed by atoms with Gasteiger partial charge in [-0.15, -0.1) is 0 Å². The number of rotatable bonds is 6. The van der Waals surface area contributed by atoms with Gasteiger partial charge in [-0.2, -0.15) is 0 Å². The largest absolute Gasteiger partial charge is 0.354 e. The number of anilines is 1. The number of nitrogens with zero attached hydrogens (tertiary/aromatic N) is 3. The van der Waals surface area contributed by atoms with Gasteiger partial charge < -0.3 is 15.2 Å². The summed E-state index contributed by atoms with van der Waals surface area (Å²) in [6.45, 7) is 6.50. The zero-order chi connectivity index (χ0) is 20.9. The van der Waals surface area contributed by atoms with Crippen LogP contribution in [0, 0.1) is 0 Å². The minimum atomic E-state index is -0.206. The van der Waals surface area contributed by atoms with E-state index in [1.165, 1.54) is 0 Å². The van der Waals surface area contributed by atoms with Gasteiger partial charge in [-0.05, 0) is 36.6 Å². The van der Waals surface area contributed by atoms with Crippen LogP contribution in [0.3, 0.4) is 0 Å². The van der Waals surface area contributed by atoms with Crippen LogP contribution in [-0.2, 0) is 11.2 Å². The zero-order valence-electron chi connectivity index (χ0n) is 17.2. The van der Waals surface area contributed by atoms with Gasteiger partial charge in [-0.3, -0.25) is 14.5 Å². The Labute approximate surface area is 175 Å². The molecule has 0 saturated carbocycles. The molecule has 0 bridgehead atoms. The summed E-state index contributed by atoms with van der Waals surface area (Å²) in [6.07, 6.45) is 1.90. The number of benzene rings is 1. The van der Waals surface area contributed by atoms with Crippen LogP contribution in [-0.4, -0.2) is 59.5 Å². The Morgan fingerprint density at radius 2 is 1.90 bits per heavy atom. The SMILES string of the molecule is CC(CN1CCN(c2ccccn2)CC1)NC(=O)Cc1cc2ccccc2[nH]c1=O. The average Bonchev–Trinajstić information content (AvgIpc) is 2.75. The number of hydrogen-bond donors (Lipinski definition) is 2. The summed E-state index contributed by atoms with van der Waals surface area (Å²) < 4.78 is 0. The highest BCUT2D eigenvalue weighted by molar-refractivity contribution is 5.82. The summed E-state index contributed by atoms with van der Waals surface area (Å²) in [5, 5.41) is 3.96. The fraction of sp³-hybridized carbons (Fsp3) is 0.348. The van der Waals surface area contributed by atoms with E-state index in [1.807, 2.05) is 55.6 Å². The second kappa shape index (κ2) is 9.09. The molecular formula is C23H27N5O2. The Kier molecular flexibility index (Phi) is 6.09. The van der Waals surface area contributed by atoms with Gasteiger partial charge in [0, 0.05) is 56.0 Å². The number of hydrogen-bond acceptors (Lipinski definition) is 5. The van der Waals surface area contributed by atoms with Gasteiger partial charge in [0.05, 0.1) is 6.42 Å². The Hall–Kier alpha value is -3.19. The van der Waals surface area contributed by atoms with Crippen molar-refractivity contribution in [3.63, 3.8) is 0 Å². The van der Waals surface area contributed by atoms with Crippen molar-refractivity contribution in [3.8, 4) is 0 Å². The van der Waals surface area contributed by atoms with E-state index in [9.17, 15) is 9.59 Å². The number of aromatic nitrogens is 2. The molecular weight excluding hydrogens is 378 g/mol. The van der Waals surface area contributed by atoms with Gasteiger partial charge >= 0.3 is 0 Å². The van der Waals surface area contributed by atoms with Gasteiger partial charge in [0.15, 0.2) is 0 Å². The van der Waals surface area contributed by atoms with E-state index < -0.39 is 0 Å². The van der Waals surface area contributed by atoms with Crippen LogP contribution in [0.15, 0.2) is 59.5 Å². The maximum Gasteiger partial charge on any atom is 0.252 e. The van der Waals surface area contributed by atoms with Crippen LogP contribution in [0.25, 0.3) is 10.9 Å². The summed E-state index contributed by atoms with van der Waals surface area (Å²) >= 11 is 0. The molecule has 1 atom stereocenters. The third-order valence-corrected chi connectivity index (χ3v) is 5.47. The van der Waals surface area contributed by atoms with E-state index in [2.05, 4.69) is 25.1 Å². The number of H-pyrrole nitrogens is 1. The molecule has 0 radical (unpaired) electrons. The second-order valence-corrected chi connectivity index (χ2v) is 7.83. The number of carbonyl (C=O) groups is 1. The van der Waals surface area contributed by atoms with E-state index in [-0.39, 0.29) is 23.9 Å². The highest BCUT2D eigenvalue weighted by atomic mass is 16.2. The van der Waals surface area contributed by atoms with E-state index in [0.717, 1.165) is 49.4 Å². The Morgan fingerprint density at radius 3 is 2.67 bits per heavy atom. The van der Waals surface area contributed by atoms with Crippen molar-refractivity contribution in [2.24, 2.45) is 0 Å². The molecule has 2 aromatic heterocycles. The van der Waals surface area contributed by atoms with Crippen molar-refractivity contribution in [2.75, 3.05) is 37.6 Å². The van der Waals surface area contributed by atoms with E-state index in [0.29, 0.717) is 5.56 Å². The van der Waals surface area contributed by atoms with Crippen molar-refractivity contribution in [3.05, 3.63) is 70.6 Å². The molecule has 1 aliphatic rings. The molecule has 1 fully saturated rings.